The molecule has 3 heteroatoms. The average Bonchev–Trinajstić information content (AvgIpc) is 3.08. The standard InChI is InChI=1S/C18H25NO2/c1-21-15-6-7-16-12(9-15)5-8-17(18(16)20)19-10-13-3-2-4-14(13)11-19/h6-7,9,13-14,17-18,20H,2-5,8,10-11H2,1H3. The van der Waals surface area contributed by atoms with Gasteiger partial charge in [0, 0.05) is 19.1 Å². The lowest BCUT2D eigenvalue weighted by molar-refractivity contribution is 0.0445. The Morgan fingerprint density at radius 1 is 1.14 bits per heavy atom. The third-order valence-corrected chi connectivity index (χ3v) is 5.97. The highest BCUT2D eigenvalue weighted by molar-refractivity contribution is 5.39. The first kappa shape index (κ1) is 13.6. The number of hydrogen-bond acceptors (Lipinski definition) is 3. The molecule has 1 aliphatic heterocycles. The van der Waals surface area contributed by atoms with Crippen LogP contribution in [0.4, 0.5) is 0 Å². The van der Waals surface area contributed by atoms with Crippen LogP contribution in [-0.2, 0) is 6.42 Å². The average molecular weight is 287 g/mol. The van der Waals surface area contributed by atoms with Gasteiger partial charge in [0.1, 0.15) is 5.75 Å². The van der Waals surface area contributed by atoms with Crippen molar-refractivity contribution in [1.82, 2.24) is 4.90 Å². The molecule has 4 unspecified atom stereocenters. The Hall–Kier alpha value is -1.06. The second-order valence-electron chi connectivity index (χ2n) is 7.02. The van der Waals surface area contributed by atoms with E-state index in [1.807, 2.05) is 6.07 Å². The summed E-state index contributed by atoms with van der Waals surface area (Å²) in [4.78, 5) is 2.58. The van der Waals surface area contributed by atoms with E-state index in [1.54, 1.807) is 7.11 Å². The number of rotatable bonds is 2. The molecule has 1 N–H and O–H groups in total. The topological polar surface area (TPSA) is 32.7 Å². The van der Waals surface area contributed by atoms with E-state index in [9.17, 15) is 5.11 Å². The normalized spacial score (nSPS) is 35.5. The number of benzene rings is 1. The zero-order valence-electron chi connectivity index (χ0n) is 12.8. The van der Waals surface area contributed by atoms with E-state index in [-0.39, 0.29) is 6.10 Å². The van der Waals surface area contributed by atoms with Crippen molar-refractivity contribution < 1.29 is 9.84 Å². The third kappa shape index (κ3) is 2.27. The summed E-state index contributed by atoms with van der Waals surface area (Å²) in [7, 11) is 1.70. The fraction of sp³-hybridized carbons (Fsp3) is 0.667. The summed E-state index contributed by atoms with van der Waals surface area (Å²) < 4.78 is 5.30. The summed E-state index contributed by atoms with van der Waals surface area (Å²) >= 11 is 0. The number of aryl methyl sites for hydroxylation is 1. The maximum absolute atomic E-state index is 10.8. The van der Waals surface area contributed by atoms with E-state index in [1.165, 1.54) is 37.9 Å². The molecule has 0 spiro atoms. The van der Waals surface area contributed by atoms with Crippen LogP contribution < -0.4 is 4.74 Å². The number of ether oxygens (including phenoxy) is 1. The predicted molar refractivity (Wildman–Crippen MR) is 82.5 cm³/mol. The molecule has 0 amide bonds. The maximum Gasteiger partial charge on any atom is 0.119 e. The predicted octanol–water partition coefficient (Wildman–Crippen LogP) is 2.78. The summed E-state index contributed by atoms with van der Waals surface area (Å²) in [6.07, 6.45) is 6.01. The monoisotopic (exact) mass is 287 g/mol. The molecule has 1 saturated heterocycles. The zero-order valence-corrected chi connectivity index (χ0v) is 12.8. The molecule has 4 atom stereocenters. The van der Waals surface area contributed by atoms with E-state index < -0.39 is 0 Å². The summed E-state index contributed by atoms with van der Waals surface area (Å²) in [6, 6.07) is 6.44. The summed E-state index contributed by atoms with van der Waals surface area (Å²) in [5.74, 6) is 2.69. The summed E-state index contributed by atoms with van der Waals surface area (Å²) in [5.41, 5.74) is 2.38. The molecular weight excluding hydrogens is 262 g/mol. The number of hydrogen-bond donors (Lipinski definition) is 1. The fourth-order valence-electron chi connectivity index (χ4n) is 4.81. The highest BCUT2D eigenvalue weighted by Gasteiger charge is 2.41. The smallest absolute Gasteiger partial charge is 0.119 e. The number of fused-ring (bicyclic) bond motifs is 2. The molecule has 1 heterocycles. The van der Waals surface area contributed by atoms with E-state index in [4.69, 9.17) is 4.74 Å². The summed E-state index contributed by atoms with van der Waals surface area (Å²) in [5, 5.41) is 10.8. The van der Waals surface area contributed by atoms with Gasteiger partial charge in [-0.1, -0.05) is 12.5 Å². The number of nitrogens with zero attached hydrogens (tertiary/aromatic N) is 1. The van der Waals surface area contributed by atoms with Crippen LogP contribution in [-0.4, -0.2) is 36.2 Å². The second-order valence-corrected chi connectivity index (χ2v) is 7.02. The quantitative estimate of drug-likeness (QED) is 0.908. The van der Waals surface area contributed by atoms with Gasteiger partial charge in [-0.15, -0.1) is 0 Å². The highest BCUT2D eigenvalue weighted by atomic mass is 16.5. The lowest BCUT2D eigenvalue weighted by Gasteiger charge is -2.37. The molecule has 114 valence electrons. The van der Waals surface area contributed by atoms with Crippen LogP contribution in [0.5, 0.6) is 5.75 Å². The molecule has 21 heavy (non-hydrogen) atoms. The minimum atomic E-state index is -0.335. The molecular formula is C18H25NO2. The van der Waals surface area contributed by atoms with Gasteiger partial charge in [0.25, 0.3) is 0 Å². The van der Waals surface area contributed by atoms with Crippen molar-refractivity contribution >= 4 is 0 Å². The Balaban J connectivity index is 1.53. The summed E-state index contributed by atoms with van der Waals surface area (Å²) in [6.45, 7) is 2.41. The van der Waals surface area contributed by atoms with Crippen LogP contribution in [0.2, 0.25) is 0 Å². The molecule has 2 fully saturated rings. The first-order valence-electron chi connectivity index (χ1n) is 8.35. The lowest BCUT2D eigenvalue weighted by Crippen LogP contribution is -2.41. The molecule has 1 aromatic rings. The largest absolute Gasteiger partial charge is 0.497 e. The zero-order chi connectivity index (χ0) is 14.4. The minimum absolute atomic E-state index is 0.316. The van der Waals surface area contributed by atoms with Gasteiger partial charge in [-0.05, 0) is 60.8 Å². The molecule has 1 saturated carbocycles. The van der Waals surface area contributed by atoms with Crippen molar-refractivity contribution in [1.29, 1.82) is 0 Å². The molecule has 0 aromatic heterocycles. The number of aliphatic hydroxyl groups excluding tert-OH is 1. The second kappa shape index (κ2) is 5.29. The molecule has 3 nitrogen and oxygen atoms in total. The lowest BCUT2D eigenvalue weighted by atomic mass is 9.85. The molecule has 3 aliphatic rings. The van der Waals surface area contributed by atoms with Crippen LogP contribution in [0.15, 0.2) is 18.2 Å². The Labute approximate surface area is 126 Å². The van der Waals surface area contributed by atoms with Crippen LogP contribution in [0.3, 0.4) is 0 Å². The van der Waals surface area contributed by atoms with Gasteiger partial charge in [-0.25, -0.2) is 0 Å². The fourth-order valence-corrected chi connectivity index (χ4v) is 4.81. The third-order valence-electron chi connectivity index (χ3n) is 5.97. The number of methoxy groups -OCH3 is 1. The number of aliphatic hydroxyl groups is 1. The molecule has 0 bridgehead atoms. The van der Waals surface area contributed by atoms with E-state index in [0.717, 1.165) is 36.0 Å². The van der Waals surface area contributed by atoms with Gasteiger partial charge >= 0.3 is 0 Å². The van der Waals surface area contributed by atoms with Crippen LogP contribution in [0.25, 0.3) is 0 Å². The molecule has 1 aromatic carbocycles. The van der Waals surface area contributed by atoms with Crippen molar-refractivity contribution in [3.8, 4) is 5.75 Å². The SMILES string of the molecule is COc1ccc2c(c1)CCC(N1CC3CCCC3C1)C2O. The first-order valence-corrected chi connectivity index (χ1v) is 8.35. The minimum Gasteiger partial charge on any atom is -0.497 e. The highest BCUT2D eigenvalue weighted by Crippen LogP contribution is 2.42. The van der Waals surface area contributed by atoms with Crippen molar-refractivity contribution in [2.24, 2.45) is 11.8 Å². The molecule has 2 aliphatic carbocycles. The maximum atomic E-state index is 10.8. The van der Waals surface area contributed by atoms with Gasteiger partial charge in [0.05, 0.1) is 13.2 Å². The van der Waals surface area contributed by atoms with Gasteiger partial charge in [0.2, 0.25) is 0 Å². The van der Waals surface area contributed by atoms with Gasteiger partial charge in [-0.3, -0.25) is 4.90 Å². The molecule has 0 radical (unpaired) electrons. The van der Waals surface area contributed by atoms with Crippen molar-refractivity contribution in [2.75, 3.05) is 20.2 Å². The van der Waals surface area contributed by atoms with Crippen molar-refractivity contribution in [3.63, 3.8) is 0 Å². The van der Waals surface area contributed by atoms with Crippen molar-refractivity contribution in [2.45, 2.75) is 44.2 Å². The van der Waals surface area contributed by atoms with Crippen LogP contribution in [0, 0.1) is 11.8 Å². The van der Waals surface area contributed by atoms with Gasteiger partial charge < -0.3 is 9.84 Å². The Bertz CT molecular complexity index is 518. The van der Waals surface area contributed by atoms with Gasteiger partial charge in [-0.2, -0.15) is 0 Å². The Kier molecular flexibility index (Phi) is 3.43. The Morgan fingerprint density at radius 2 is 1.90 bits per heavy atom. The van der Waals surface area contributed by atoms with Crippen LogP contribution in [0.1, 0.15) is 42.9 Å². The van der Waals surface area contributed by atoms with Gasteiger partial charge in [0.15, 0.2) is 0 Å². The van der Waals surface area contributed by atoms with Crippen molar-refractivity contribution in [3.05, 3.63) is 29.3 Å². The van der Waals surface area contributed by atoms with E-state index in [0.29, 0.717) is 6.04 Å². The number of likely N-dealkylation sites (tertiary alicyclic amines) is 1. The van der Waals surface area contributed by atoms with E-state index in [2.05, 4.69) is 17.0 Å². The first-order chi connectivity index (χ1) is 10.3. The molecule has 4 rings (SSSR count). The Morgan fingerprint density at radius 3 is 2.62 bits per heavy atom. The van der Waals surface area contributed by atoms with E-state index >= 15 is 0 Å². The van der Waals surface area contributed by atoms with Crippen LogP contribution >= 0.6 is 0 Å².